The molecule has 4 fully saturated rings. The number of nitrogens with zero attached hydrogens (tertiary/aromatic N) is 2. The van der Waals surface area contributed by atoms with Crippen LogP contribution in [-0.2, 0) is 6.42 Å². The molecule has 8 heteroatoms. The van der Waals surface area contributed by atoms with Gasteiger partial charge < -0.3 is 10.2 Å². The zero-order chi connectivity index (χ0) is 27.9. The highest BCUT2D eigenvalue weighted by Crippen LogP contribution is 2.68. The first-order valence-corrected chi connectivity index (χ1v) is 14.8. The second kappa shape index (κ2) is 9.64. The van der Waals surface area contributed by atoms with Crippen molar-refractivity contribution in [2.45, 2.75) is 97.2 Å². The molecule has 0 saturated heterocycles. The number of hydrogen-bond acceptors (Lipinski definition) is 4. The van der Waals surface area contributed by atoms with E-state index in [0.29, 0.717) is 42.4 Å². The summed E-state index contributed by atoms with van der Waals surface area (Å²) in [5.41, 5.74) is -0.526. The second-order valence-electron chi connectivity index (χ2n) is 13.7. The smallest absolute Gasteiger partial charge is 0.199 e. The maximum absolute atomic E-state index is 14.3. The van der Waals surface area contributed by atoms with E-state index in [9.17, 15) is 27.8 Å². The average molecular weight is 549 g/mol. The van der Waals surface area contributed by atoms with Crippen LogP contribution >= 0.6 is 0 Å². The fourth-order valence-electron chi connectivity index (χ4n) is 10.00. The summed E-state index contributed by atoms with van der Waals surface area (Å²) in [6.07, 6.45) is 9.69. The number of aliphatic hydroxyl groups excluding tert-OH is 2. The summed E-state index contributed by atoms with van der Waals surface area (Å²) in [7, 11) is 0. The van der Waals surface area contributed by atoms with Gasteiger partial charge in [0.1, 0.15) is 11.3 Å². The van der Waals surface area contributed by atoms with Crippen LogP contribution in [0.25, 0.3) is 10.9 Å². The highest BCUT2D eigenvalue weighted by Gasteiger charge is 2.63. The quantitative estimate of drug-likeness (QED) is 0.252. The van der Waals surface area contributed by atoms with Gasteiger partial charge in [-0.25, -0.2) is 27.5 Å². The molecule has 0 aliphatic heterocycles. The van der Waals surface area contributed by atoms with Crippen molar-refractivity contribution in [3.63, 3.8) is 0 Å². The molecule has 1 heterocycles. The molecule has 0 radical (unpaired) electrons. The van der Waals surface area contributed by atoms with E-state index in [0.717, 1.165) is 44.7 Å². The molecular weight excluding hydrogens is 508 g/mol. The molecule has 4 aliphatic carbocycles. The van der Waals surface area contributed by atoms with Crippen molar-refractivity contribution >= 4 is 10.9 Å². The summed E-state index contributed by atoms with van der Waals surface area (Å²) >= 11 is 0. The molecule has 4 saturated carbocycles. The Labute approximate surface area is 227 Å². The summed E-state index contributed by atoms with van der Waals surface area (Å²) < 4.78 is 55.8. The molecule has 0 spiro atoms. The van der Waals surface area contributed by atoms with Gasteiger partial charge in [0.25, 0.3) is 0 Å². The van der Waals surface area contributed by atoms with Crippen LogP contribution in [0, 0.1) is 69.6 Å². The van der Waals surface area contributed by atoms with Crippen LogP contribution in [0.15, 0.2) is 6.20 Å². The third-order valence-electron chi connectivity index (χ3n) is 12.2. The van der Waals surface area contributed by atoms with Crippen molar-refractivity contribution in [3.8, 4) is 0 Å². The lowest BCUT2D eigenvalue weighted by Gasteiger charge is -2.62. The molecule has 2 aromatic rings. The van der Waals surface area contributed by atoms with Crippen molar-refractivity contribution in [2.24, 2.45) is 46.3 Å². The van der Waals surface area contributed by atoms with Crippen molar-refractivity contribution in [1.29, 1.82) is 0 Å². The van der Waals surface area contributed by atoms with Crippen LogP contribution in [-0.4, -0.2) is 32.4 Å². The fourth-order valence-corrected chi connectivity index (χ4v) is 10.00. The Hall–Kier alpha value is -1.80. The molecule has 2 N–H and O–H groups in total. The first-order valence-electron chi connectivity index (χ1n) is 14.8. The van der Waals surface area contributed by atoms with Gasteiger partial charge in [0.15, 0.2) is 23.3 Å². The van der Waals surface area contributed by atoms with Gasteiger partial charge in [0.05, 0.1) is 17.6 Å². The summed E-state index contributed by atoms with van der Waals surface area (Å²) in [4.78, 5) is 8.18. The summed E-state index contributed by atoms with van der Waals surface area (Å²) in [5.74, 6) is -3.75. The van der Waals surface area contributed by atoms with Crippen LogP contribution in [0.1, 0.15) is 84.4 Å². The largest absolute Gasteiger partial charge is 0.393 e. The Morgan fingerprint density at radius 1 is 0.923 bits per heavy atom. The van der Waals surface area contributed by atoms with Gasteiger partial charge in [-0.3, -0.25) is 0 Å². The SMILES string of the molecule is C[C@H](CCc1ncc2c(F)c(F)c(F)c(F)c2n1)[C@H]1CC[C@H]2[C@@H]3CC[C@@H]4C[C@H](O)CC[C@]4(C)C3C[C@H](O)[C@]12C. The highest BCUT2D eigenvalue weighted by molar-refractivity contribution is 5.79. The Balaban J connectivity index is 1.19. The van der Waals surface area contributed by atoms with Gasteiger partial charge >= 0.3 is 0 Å². The lowest BCUT2D eigenvalue weighted by atomic mass is 9.43. The lowest BCUT2D eigenvalue weighted by molar-refractivity contribution is -0.174. The van der Waals surface area contributed by atoms with Crippen molar-refractivity contribution in [3.05, 3.63) is 35.3 Å². The Morgan fingerprint density at radius 2 is 1.67 bits per heavy atom. The third-order valence-corrected chi connectivity index (χ3v) is 12.2. The number of rotatable bonds is 4. The number of aryl methyl sites for hydroxylation is 1. The monoisotopic (exact) mass is 548 g/mol. The first-order chi connectivity index (χ1) is 18.5. The van der Waals surface area contributed by atoms with Gasteiger partial charge in [0.2, 0.25) is 0 Å². The highest BCUT2D eigenvalue weighted by atomic mass is 19.2. The first kappa shape index (κ1) is 27.4. The predicted octanol–water partition coefficient (Wildman–Crippen LogP) is 6.75. The minimum atomic E-state index is -1.86. The number of aromatic nitrogens is 2. The molecule has 1 unspecified atom stereocenters. The lowest BCUT2D eigenvalue weighted by Crippen LogP contribution is -2.58. The minimum Gasteiger partial charge on any atom is -0.393 e. The molecule has 1 aromatic heterocycles. The van der Waals surface area contributed by atoms with Crippen LogP contribution in [0.5, 0.6) is 0 Å². The van der Waals surface area contributed by atoms with E-state index in [-0.39, 0.29) is 34.8 Å². The van der Waals surface area contributed by atoms with Crippen molar-refractivity contribution in [1.82, 2.24) is 9.97 Å². The zero-order valence-electron chi connectivity index (χ0n) is 23.1. The van der Waals surface area contributed by atoms with Crippen molar-refractivity contribution < 1.29 is 27.8 Å². The number of aliphatic hydroxyl groups is 2. The van der Waals surface area contributed by atoms with E-state index >= 15 is 0 Å². The molecule has 10 atom stereocenters. The second-order valence-corrected chi connectivity index (χ2v) is 13.7. The number of halogens is 4. The summed E-state index contributed by atoms with van der Waals surface area (Å²) in [6.45, 7) is 6.89. The van der Waals surface area contributed by atoms with Crippen LogP contribution in [0.3, 0.4) is 0 Å². The molecule has 0 amide bonds. The maximum Gasteiger partial charge on any atom is 0.199 e. The van der Waals surface area contributed by atoms with Gasteiger partial charge in [-0.15, -0.1) is 0 Å². The van der Waals surface area contributed by atoms with E-state index in [4.69, 9.17) is 0 Å². The molecular formula is C31H40F4N2O2. The maximum atomic E-state index is 14.3. The third kappa shape index (κ3) is 4.05. The molecule has 4 nitrogen and oxygen atoms in total. The zero-order valence-corrected chi connectivity index (χ0v) is 23.1. The van der Waals surface area contributed by atoms with E-state index < -0.39 is 34.2 Å². The van der Waals surface area contributed by atoms with E-state index in [2.05, 4.69) is 30.7 Å². The topological polar surface area (TPSA) is 66.2 Å². The molecule has 0 bridgehead atoms. The Morgan fingerprint density at radius 3 is 2.44 bits per heavy atom. The number of hydrogen-bond donors (Lipinski definition) is 2. The Kier molecular flexibility index (Phi) is 6.77. The van der Waals surface area contributed by atoms with Gasteiger partial charge in [-0.2, -0.15) is 0 Å². The van der Waals surface area contributed by atoms with E-state index in [1.165, 1.54) is 12.8 Å². The summed E-state index contributed by atoms with van der Waals surface area (Å²) in [6, 6.07) is 0. The average Bonchev–Trinajstić information content (AvgIpc) is 3.29. The van der Waals surface area contributed by atoms with Crippen LogP contribution in [0.2, 0.25) is 0 Å². The van der Waals surface area contributed by atoms with Crippen LogP contribution < -0.4 is 0 Å². The molecule has 39 heavy (non-hydrogen) atoms. The number of fused-ring (bicyclic) bond motifs is 6. The molecule has 214 valence electrons. The van der Waals surface area contributed by atoms with Gasteiger partial charge in [-0.1, -0.05) is 20.8 Å². The fraction of sp³-hybridized carbons (Fsp3) is 0.742. The van der Waals surface area contributed by atoms with E-state index in [1.54, 1.807) is 0 Å². The van der Waals surface area contributed by atoms with Crippen LogP contribution in [0.4, 0.5) is 17.6 Å². The minimum absolute atomic E-state index is 0.182. The van der Waals surface area contributed by atoms with Gasteiger partial charge in [-0.05, 0) is 104 Å². The standard InChI is InChI=1S/C31H40F4N2O2/c1-15(4-9-24-36-14-19-25(32)26(33)27(34)28(35)29(19)37-24)20-7-8-21-18-6-5-16-12-17(38)10-11-30(16,2)22(18)13-23(39)31(20,21)3/h14-18,20-23,38-39H,4-13H2,1-3H3/t15-,16-,17-,18+,20-,21+,22?,23+,30+,31-/m1/s1. The van der Waals surface area contributed by atoms with Crippen molar-refractivity contribution in [2.75, 3.05) is 0 Å². The normalized spacial score (nSPS) is 40.7. The Bertz CT molecular complexity index is 1280. The number of benzene rings is 1. The van der Waals surface area contributed by atoms with E-state index in [1.807, 2.05) is 0 Å². The van der Waals surface area contributed by atoms with Gasteiger partial charge in [0, 0.05) is 12.6 Å². The summed E-state index contributed by atoms with van der Waals surface area (Å²) in [5, 5.41) is 21.6. The predicted molar refractivity (Wildman–Crippen MR) is 139 cm³/mol. The molecule has 6 rings (SSSR count). The molecule has 4 aliphatic rings. The molecule has 1 aromatic carbocycles.